The zero-order valence-electron chi connectivity index (χ0n) is 15.8. The van der Waals surface area contributed by atoms with E-state index in [0.717, 1.165) is 13.8 Å². The first-order chi connectivity index (χ1) is 12.8. The minimum Gasteiger partial charge on any atom is -0.386 e. The standard InChI is InChI=1S/C15H18F7N5O.2H2S/c1-6(14(17,18)19)23-12-25-11(8-4-3-5-9(28)10(8)16)26-13(27-12)24-7(2)15(20,21)22;;/h6-7,9,28H,3-5H2,1-2H3,(H2,23,24,25,26,27);2*1H2/t6-,7-,9?;;/m0../s1. The van der Waals surface area contributed by atoms with Gasteiger partial charge in [-0.3, -0.25) is 0 Å². The van der Waals surface area contributed by atoms with Crippen molar-refractivity contribution in [1.29, 1.82) is 0 Å². The van der Waals surface area contributed by atoms with Crippen LogP contribution in [0.25, 0.3) is 5.57 Å². The molecule has 0 fully saturated rings. The normalized spacial score (nSPS) is 19.3. The van der Waals surface area contributed by atoms with Crippen LogP contribution in [0.3, 0.4) is 0 Å². The van der Waals surface area contributed by atoms with Crippen LogP contribution in [0.5, 0.6) is 0 Å². The molecular formula is C15H22F7N5OS2. The molecule has 1 heterocycles. The summed E-state index contributed by atoms with van der Waals surface area (Å²) in [4.78, 5) is 10.9. The summed E-state index contributed by atoms with van der Waals surface area (Å²) < 4.78 is 90.8. The first-order valence-corrected chi connectivity index (χ1v) is 8.28. The second-order valence-corrected chi connectivity index (χ2v) is 6.36. The average molecular weight is 485 g/mol. The van der Waals surface area contributed by atoms with Crippen molar-refractivity contribution in [2.75, 3.05) is 10.6 Å². The van der Waals surface area contributed by atoms with Gasteiger partial charge in [-0.05, 0) is 33.1 Å². The monoisotopic (exact) mass is 485 g/mol. The lowest BCUT2D eigenvalue weighted by molar-refractivity contribution is -0.139. The minimum atomic E-state index is -4.68. The number of hydrogen-bond donors (Lipinski definition) is 3. The Hall–Kier alpha value is -1.48. The van der Waals surface area contributed by atoms with E-state index in [4.69, 9.17) is 0 Å². The summed E-state index contributed by atoms with van der Waals surface area (Å²) in [6.07, 6.45) is -10.2. The van der Waals surface area contributed by atoms with Gasteiger partial charge in [0.15, 0.2) is 5.82 Å². The number of aliphatic hydroxyl groups excluding tert-OH is 1. The Morgan fingerprint density at radius 3 is 1.73 bits per heavy atom. The van der Waals surface area contributed by atoms with E-state index in [0.29, 0.717) is 6.42 Å². The molecule has 0 saturated carbocycles. The van der Waals surface area contributed by atoms with E-state index in [2.05, 4.69) is 15.0 Å². The summed E-state index contributed by atoms with van der Waals surface area (Å²) in [5.41, 5.74) is -0.188. The third kappa shape index (κ3) is 7.34. The second kappa shape index (κ2) is 10.7. The fraction of sp³-hybridized carbons (Fsp3) is 0.667. The van der Waals surface area contributed by atoms with E-state index in [9.17, 15) is 35.8 Å². The van der Waals surface area contributed by atoms with Gasteiger partial charge in [0.05, 0.1) is 0 Å². The maximum atomic E-state index is 14.2. The van der Waals surface area contributed by atoms with Gasteiger partial charge < -0.3 is 15.7 Å². The Bertz CT molecular complexity index is 705. The molecule has 0 aliphatic heterocycles. The molecule has 1 aromatic rings. The van der Waals surface area contributed by atoms with Gasteiger partial charge in [-0.25, -0.2) is 4.39 Å². The van der Waals surface area contributed by atoms with Crippen molar-refractivity contribution in [1.82, 2.24) is 15.0 Å². The molecule has 0 aromatic carbocycles. The molecule has 15 heteroatoms. The molecule has 0 amide bonds. The van der Waals surface area contributed by atoms with Gasteiger partial charge in [-0.2, -0.15) is 68.3 Å². The number of allylic oxidation sites excluding steroid dienone is 1. The van der Waals surface area contributed by atoms with Crippen LogP contribution in [0.2, 0.25) is 0 Å². The first kappa shape index (κ1) is 28.5. The van der Waals surface area contributed by atoms with E-state index >= 15 is 0 Å². The number of anilines is 2. The first-order valence-electron chi connectivity index (χ1n) is 8.28. The van der Waals surface area contributed by atoms with E-state index in [1.807, 2.05) is 10.6 Å². The molecule has 1 unspecified atom stereocenters. The predicted molar refractivity (Wildman–Crippen MR) is 107 cm³/mol. The van der Waals surface area contributed by atoms with Gasteiger partial charge in [0.2, 0.25) is 11.9 Å². The summed E-state index contributed by atoms with van der Waals surface area (Å²) in [5, 5.41) is 13.5. The van der Waals surface area contributed by atoms with Gasteiger partial charge in [0.25, 0.3) is 0 Å². The lowest BCUT2D eigenvalue weighted by Crippen LogP contribution is -2.35. The average Bonchev–Trinajstić information content (AvgIpc) is 2.55. The van der Waals surface area contributed by atoms with Crippen LogP contribution < -0.4 is 10.6 Å². The van der Waals surface area contributed by atoms with Gasteiger partial charge in [0, 0.05) is 5.57 Å². The van der Waals surface area contributed by atoms with Gasteiger partial charge in [-0.15, -0.1) is 0 Å². The Labute approximate surface area is 181 Å². The molecule has 3 N–H and O–H groups in total. The number of alkyl halides is 6. The Morgan fingerprint density at radius 2 is 1.33 bits per heavy atom. The topological polar surface area (TPSA) is 83.0 Å². The Balaban J connectivity index is 0.00000420. The van der Waals surface area contributed by atoms with Crippen molar-refractivity contribution in [3.05, 3.63) is 11.7 Å². The molecule has 0 saturated heterocycles. The highest BCUT2D eigenvalue weighted by molar-refractivity contribution is 7.59. The summed E-state index contributed by atoms with van der Waals surface area (Å²) in [6, 6.07) is -4.24. The molecule has 2 rings (SSSR count). The van der Waals surface area contributed by atoms with Gasteiger partial charge >= 0.3 is 12.4 Å². The second-order valence-electron chi connectivity index (χ2n) is 6.36. The van der Waals surface area contributed by atoms with E-state index in [1.54, 1.807) is 0 Å². The molecule has 30 heavy (non-hydrogen) atoms. The van der Waals surface area contributed by atoms with Gasteiger partial charge in [0.1, 0.15) is 24.0 Å². The quantitative estimate of drug-likeness (QED) is 0.546. The highest BCUT2D eigenvalue weighted by atomic mass is 32.1. The van der Waals surface area contributed by atoms with Crippen molar-refractivity contribution >= 4 is 44.5 Å². The third-order valence-electron chi connectivity index (χ3n) is 4.06. The molecule has 0 bridgehead atoms. The summed E-state index contributed by atoms with van der Waals surface area (Å²) in [5.74, 6) is -2.76. The molecule has 1 aliphatic rings. The summed E-state index contributed by atoms with van der Waals surface area (Å²) in [6.45, 7) is 1.53. The van der Waals surface area contributed by atoms with Crippen LogP contribution >= 0.6 is 27.0 Å². The number of hydrogen-bond acceptors (Lipinski definition) is 6. The van der Waals surface area contributed by atoms with Crippen molar-refractivity contribution in [3.63, 3.8) is 0 Å². The van der Waals surface area contributed by atoms with Crippen molar-refractivity contribution < 1.29 is 35.8 Å². The SMILES string of the molecule is C[C@H](Nc1nc(N[C@@H](C)C(F)(F)F)nc(C2=C(F)C(O)CCC2)n1)C(F)(F)F.S.S. The minimum absolute atomic E-state index is 0. The molecule has 6 nitrogen and oxygen atoms in total. The maximum absolute atomic E-state index is 14.2. The highest BCUT2D eigenvalue weighted by Gasteiger charge is 2.38. The molecular weight excluding hydrogens is 463 g/mol. The molecule has 174 valence electrons. The molecule has 0 radical (unpaired) electrons. The summed E-state index contributed by atoms with van der Waals surface area (Å²) in [7, 11) is 0. The van der Waals surface area contributed by atoms with E-state index in [1.165, 1.54) is 0 Å². The van der Waals surface area contributed by atoms with Crippen LogP contribution in [0.4, 0.5) is 42.6 Å². The van der Waals surface area contributed by atoms with Crippen molar-refractivity contribution in [3.8, 4) is 0 Å². The van der Waals surface area contributed by atoms with Crippen molar-refractivity contribution in [2.45, 2.75) is 63.7 Å². The fourth-order valence-corrected chi connectivity index (χ4v) is 2.33. The third-order valence-corrected chi connectivity index (χ3v) is 4.06. The van der Waals surface area contributed by atoms with Crippen LogP contribution in [0, 0.1) is 0 Å². The number of nitrogens with one attached hydrogen (secondary N) is 2. The Kier molecular flexibility index (Phi) is 10.2. The number of rotatable bonds is 5. The van der Waals surface area contributed by atoms with Crippen LogP contribution in [-0.4, -0.2) is 50.6 Å². The number of nitrogens with zero attached hydrogens (tertiary/aromatic N) is 3. The highest BCUT2D eigenvalue weighted by Crippen LogP contribution is 2.33. The molecule has 3 atom stereocenters. The number of aliphatic hydroxyl groups is 1. The Morgan fingerprint density at radius 1 is 0.900 bits per heavy atom. The van der Waals surface area contributed by atoms with Crippen LogP contribution in [0.1, 0.15) is 38.9 Å². The molecule has 0 spiro atoms. The van der Waals surface area contributed by atoms with Gasteiger partial charge in [-0.1, -0.05) is 0 Å². The predicted octanol–water partition coefficient (Wildman–Crippen LogP) is 4.05. The van der Waals surface area contributed by atoms with E-state index in [-0.39, 0.29) is 45.4 Å². The molecule has 1 aliphatic carbocycles. The lowest BCUT2D eigenvalue weighted by atomic mass is 9.96. The zero-order chi connectivity index (χ0) is 21.3. The largest absolute Gasteiger partial charge is 0.408 e. The van der Waals surface area contributed by atoms with E-state index < -0.39 is 54.1 Å². The smallest absolute Gasteiger partial charge is 0.386 e. The van der Waals surface area contributed by atoms with Crippen molar-refractivity contribution in [2.24, 2.45) is 0 Å². The summed E-state index contributed by atoms with van der Waals surface area (Å²) >= 11 is 0. The molecule has 1 aromatic heterocycles. The number of aromatic nitrogens is 3. The maximum Gasteiger partial charge on any atom is 0.408 e. The fourth-order valence-electron chi connectivity index (χ4n) is 2.33. The number of halogens is 7. The lowest BCUT2D eigenvalue weighted by Gasteiger charge is -2.22. The van der Waals surface area contributed by atoms with Crippen LogP contribution in [-0.2, 0) is 0 Å². The zero-order valence-corrected chi connectivity index (χ0v) is 17.8. The van der Waals surface area contributed by atoms with Crippen LogP contribution in [0.15, 0.2) is 5.83 Å².